The Hall–Kier alpha value is -1.63. The van der Waals surface area contributed by atoms with Crippen LogP contribution in [-0.2, 0) is 19.2 Å². The highest BCUT2D eigenvalue weighted by molar-refractivity contribution is 5.80. The summed E-state index contributed by atoms with van der Waals surface area (Å²) in [4.78, 5) is 41.6. The van der Waals surface area contributed by atoms with Gasteiger partial charge in [0.2, 0.25) is 5.91 Å². The predicted octanol–water partition coefficient (Wildman–Crippen LogP) is 1.12. The van der Waals surface area contributed by atoms with Crippen molar-refractivity contribution in [1.29, 1.82) is 0 Å². The molecular formula is C14H22N2O5. The summed E-state index contributed by atoms with van der Waals surface area (Å²) in [5.41, 5.74) is -1.09. The lowest BCUT2D eigenvalue weighted by Gasteiger charge is -2.38. The minimum absolute atomic E-state index is 0.0453. The number of nitrogens with zero attached hydrogens (tertiary/aromatic N) is 2. The smallest absolute Gasteiger partial charge is 0.410 e. The van der Waals surface area contributed by atoms with E-state index in [1.165, 1.54) is 0 Å². The summed E-state index contributed by atoms with van der Waals surface area (Å²) in [5.74, 6) is -0.173. The zero-order valence-corrected chi connectivity index (χ0v) is 12.8. The van der Waals surface area contributed by atoms with Crippen molar-refractivity contribution in [2.75, 3.05) is 19.6 Å². The molecule has 2 fully saturated rings. The molecule has 0 saturated carbocycles. The van der Waals surface area contributed by atoms with Gasteiger partial charge in [-0.3, -0.25) is 9.63 Å². The maximum Gasteiger partial charge on any atom is 0.410 e. The Labute approximate surface area is 124 Å². The lowest BCUT2D eigenvalue weighted by Crippen LogP contribution is -2.48. The molecular weight excluding hydrogens is 276 g/mol. The molecule has 2 aliphatic rings. The lowest BCUT2D eigenvalue weighted by molar-refractivity contribution is -0.207. The van der Waals surface area contributed by atoms with Gasteiger partial charge in [0.1, 0.15) is 24.0 Å². The number of likely N-dealkylation sites (tertiary alicyclic amines) is 1. The fourth-order valence-corrected chi connectivity index (χ4v) is 2.58. The summed E-state index contributed by atoms with van der Waals surface area (Å²) in [6, 6.07) is 0. The molecule has 0 aromatic heterocycles. The second-order valence-electron chi connectivity index (χ2n) is 6.54. The zero-order chi connectivity index (χ0) is 15.7. The van der Waals surface area contributed by atoms with Gasteiger partial charge in [0.15, 0.2) is 0 Å². The summed E-state index contributed by atoms with van der Waals surface area (Å²) in [7, 11) is 0. The van der Waals surface area contributed by atoms with E-state index in [9.17, 15) is 14.4 Å². The van der Waals surface area contributed by atoms with Crippen molar-refractivity contribution in [3.8, 4) is 0 Å². The monoisotopic (exact) mass is 298 g/mol. The lowest BCUT2D eigenvalue weighted by atomic mass is 9.89. The van der Waals surface area contributed by atoms with Crippen molar-refractivity contribution < 1.29 is 24.0 Å². The van der Waals surface area contributed by atoms with Crippen LogP contribution in [0.2, 0.25) is 0 Å². The fourth-order valence-electron chi connectivity index (χ4n) is 2.58. The first kappa shape index (κ1) is 15.8. The molecule has 0 N–H and O–H groups in total. The van der Waals surface area contributed by atoms with Crippen molar-refractivity contribution >= 4 is 18.3 Å². The van der Waals surface area contributed by atoms with E-state index in [4.69, 9.17) is 9.57 Å². The molecule has 118 valence electrons. The van der Waals surface area contributed by atoms with E-state index < -0.39 is 11.2 Å². The third kappa shape index (κ3) is 3.72. The average molecular weight is 298 g/mol. The van der Waals surface area contributed by atoms with Gasteiger partial charge in [0.05, 0.1) is 6.42 Å². The quantitative estimate of drug-likeness (QED) is 0.714. The Morgan fingerprint density at radius 1 is 1.38 bits per heavy atom. The van der Waals surface area contributed by atoms with Crippen LogP contribution < -0.4 is 0 Å². The van der Waals surface area contributed by atoms with Crippen molar-refractivity contribution in [2.24, 2.45) is 0 Å². The molecule has 0 atom stereocenters. The number of ether oxygens (including phenoxy) is 1. The van der Waals surface area contributed by atoms with E-state index in [1.54, 1.807) is 4.90 Å². The molecule has 7 heteroatoms. The molecule has 0 aliphatic carbocycles. The van der Waals surface area contributed by atoms with E-state index in [1.807, 2.05) is 20.8 Å². The van der Waals surface area contributed by atoms with Crippen molar-refractivity contribution in [1.82, 2.24) is 9.96 Å². The molecule has 21 heavy (non-hydrogen) atoms. The van der Waals surface area contributed by atoms with Crippen LogP contribution >= 0.6 is 0 Å². The van der Waals surface area contributed by atoms with Gasteiger partial charge in [0, 0.05) is 13.1 Å². The summed E-state index contributed by atoms with van der Waals surface area (Å²) in [5, 5.41) is 1.12. The summed E-state index contributed by atoms with van der Waals surface area (Å²) in [6.45, 7) is 6.40. The van der Waals surface area contributed by atoms with Crippen LogP contribution in [0, 0.1) is 0 Å². The van der Waals surface area contributed by atoms with Crippen LogP contribution in [0.1, 0.15) is 40.0 Å². The van der Waals surface area contributed by atoms with Gasteiger partial charge in [-0.05, 0) is 33.6 Å². The highest BCUT2D eigenvalue weighted by Crippen LogP contribution is 2.36. The SMILES string of the molecule is CC(C)(C)OC(=O)N1CCC2(CC1)CC(=O)N(CC=O)O2. The number of carbonyl (C=O) groups excluding carboxylic acids is 3. The molecule has 2 rings (SSSR count). The summed E-state index contributed by atoms with van der Waals surface area (Å²) < 4.78 is 5.33. The maximum atomic E-state index is 12.0. The van der Waals surface area contributed by atoms with Crippen molar-refractivity contribution in [2.45, 2.75) is 51.2 Å². The summed E-state index contributed by atoms with van der Waals surface area (Å²) >= 11 is 0. The molecule has 0 aromatic rings. The van der Waals surface area contributed by atoms with Gasteiger partial charge in [-0.1, -0.05) is 0 Å². The van der Waals surface area contributed by atoms with Crippen LogP contribution in [0.3, 0.4) is 0 Å². The van der Waals surface area contributed by atoms with Crippen molar-refractivity contribution in [3.63, 3.8) is 0 Å². The molecule has 0 aromatic carbocycles. The standard InChI is InChI=1S/C14H22N2O5/c1-13(2,3)20-12(19)15-6-4-14(5-7-15)10-11(18)16(21-14)8-9-17/h9H,4-8,10H2,1-3H3. The third-order valence-corrected chi connectivity index (χ3v) is 3.62. The maximum absolute atomic E-state index is 12.0. The van der Waals surface area contributed by atoms with Crippen LogP contribution in [0.5, 0.6) is 0 Å². The van der Waals surface area contributed by atoms with E-state index in [2.05, 4.69) is 0 Å². The largest absolute Gasteiger partial charge is 0.444 e. The Bertz CT molecular complexity index is 435. The number of hydroxylamine groups is 2. The number of aldehydes is 1. The first-order valence-electron chi connectivity index (χ1n) is 7.16. The van der Waals surface area contributed by atoms with Gasteiger partial charge < -0.3 is 14.4 Å². The molecule has 0 radical (unpaired) electrons. The first-order chi connectivity index (χ1) is 9.75. The first-order valence-corrected chi connectivity index (χ1v) is 7.16. The number of hydrogen-bond acceptors (Lipinski definition) is 5. The zero-order valence-electron chi connectivity index (χ0n) is 12.8. The van der Waals surface area contributed by atoms with Crippen molar-refractivity contribution in [3.05, 3.63) is 0 Å². The molecule has 2 aliphatic heterocycles. The van der Waals surface area contributed by atoms with Gasteiger partial charge in [0.25, 0.3) is 0 Å². The van der Waals surface area contributed by atoms with Gasteiger partial charge >= 0.3 is 6.09 Å². The predicted molar refractivity (Wildman–Crippen MR) is 73.3 cm³/mol. The minimum Gasteiger partial charge on any atom is -0.444 e. The summed E-state index contributed by atoms with van der Waals surface area (Å²) in [6.07, 6.45) is 1.70. The Morgan fingerprint density at radius 2 is 2.00 bits per heavy atom. The molecule has 2 saturated heterocycles. The van der Waals surface area contributed by atoms with Crippen LogP contribution in [-0.4, -0.2) is 59.1 Å². The highest BCUT2D eigenvalue weighted by Gasteiger charge is 2.47. The number of amides is 2. The molecule has 0 bridgehead atoms. The number of hydrogen-bond donors (Lipinski definition) is 0. The molecule has 2 amide bonds. The normalized spacial score (nSPS) is 21.8. The highest BCUT2D eigenvalue weighted by atomic mass is 16.7. The average Bonchev–Trinajstić information content (AvgIpc) is 2.65. The van der Waals surface area contributed by atoms with Crippen LogP contribution in [0.15, 0.2) is 0 Å². The van der Waals surface area contributed by atoms with E-state index in [0.717, 1.165) is 5.06 Å². The molecule has 7 nitrogen and oxygen atoms in total. The molecule has 0 unspecified atom stereocenters. The molecule has 1 spiro atoms. The minimum atomic E-state index is -0.571. The van der Waals surface area contributed by atoms with E-state index in [0.29, 0.717) is 32.2 Å². The van der Waals surface area contributed by atoms with Crippen LogP contribution in [0.25, 0.3) is 0 Å². The second kappa shape index (κ2) is 5.63. The number of piperidine rings is 1. The Morgan fingerprint density at radius 3 is 2.52 bits per heavy atom. The van der Waals surface area contributed by atoms with E-state index >= 15 is 0 Å². The van der Waals surface area contributed by atoms with Crippen LogP contribution in [0.4, 0.5) is 4.79 Å². The number of carbonyl (C=O) groups is 3. The van der Waals surface area contributed by atoms with Gasteiger partial charge in [-0.15, -0.1) is 0 Å². The fraction of sp³-hybridized carbons (Fsp3) is 0.786. The topological polar surface area (TPSA) is 76.2 Å². The van der Waals surface area contributed by atoms with Gasteiger partial charge in [-0.2, -0.15) is 0 Å². The second-order valence-corrected chi connectivity index (χ2v) is 6.54. The van der Waals surface area contributed by atoms with Gasteiger partial charge in [-0.25, -0.2) is 9.86 Å². The third-order valence-electron chi connectivity index (χ3n) is 3.62. The van der Waals surface area contributed by atoms with E-state index in [-0.39, 0.29) is 25.0 Å². The molecule has 2 heterocycles. The Kier molecular flexibility index (Phi) is 4.22. The number of rotatable bonds is 2. The Balaban J connectivity index is 1.90.